The van der Waals surface area contributed by atoms with Gasteiger partial charge in [-0.1, -0.05) is 6.42 Å². The summed E-state index contributed by atoms with van der Waals surface area (Å²) in [5.74, 6) is 4.99. The van der Waals surface area contributed by atoms with E-state index in [1.165, 1.54) is 41.0 Å². The third-order valence-corrected chi connectivity index (χ3v) is 5.20. The van der Waals surface area contributed by atoms with E-state index in [9.17, 15) is 4.79 Å². The highest BCUT2D eigenvalue weighted by Crippen LogP contribution is 2.28. The molecule has 2 heterocycles. The number of amides is 1. The molecule has 1 aliphatic heterocycles. The number of piperidine rings is 1. The van der Waals surface area contributed by atoms with Crippen molar-refractivity contribution in [1.29, 1.82) is 0 Å². The molecule has 0 spiro atoms. The average Bonchev–Trinajstić information content (AvgIpc) is 2.74. The number of likely N-dealkylation sites (tertiary alicyclic amines) is 1. The van der Waals surface area contributed by atoms with Crippen molar-refractivity contribution in [3.8, 4) is 0 Å². The molecule has 4 nitrogen and oxygen atoms in total. The smallest absolute Gasteiger partial charge is 0.275 e. The Morgan fingerprint density at radius 1 is 1.47 bits per heavy atom. The SMILES string of the molecule is Cc1sc(C(=O)NN)cc1CN1C(C)CCCC1C. The molecule has 2 rings (SSSR count). The standard InChI is InChI=1S/C14H23N3OS/c1-9-5-4-6-10(2)17(9)8-12-7-13(14(18)16-15)19-11(12)3/h7,9-10H,4-6,8,15H2,1-3H3,(H,16,18). The molecule has 0 aliphatic carbocycles. The van der Waals surface area contributed by atoms with E-state index in [0.29, 0.717) is 17.0 Å². The van der Waals surface area contributed by atoms with Crippen LogP contribution in [-0.2, 0) is 6.54 Å². The molecule has 0 bridgehead atoms. The van der Waals surface area contributed by atoms with E-state index >= 15 is 0 Å². The maximum absolute atomic E-state index is 11.6. The minimum atomic E-state index is -0.195. The van der Waals surface area contributed by atoms with Gasteiger partial charge in [-0.3, -0.25) is 15.1 Å². The van der Waals surface area contributed by atoms with Crippen LogP contribution in [0.2, 0.25) is 0 Å². The van der Waals surface area contributed by atoms with E-state index in [1.807, 2.05) is 6.07 Å². The lowest BCUT2D eigenvalue weighted by molar-refractivity contribution is 0.0946. The number of nitrogens with two attached hydrogens (primary N) is 1. The molecule has 1 fully saturated rings. The minimum Gasteiger partial charge on any atom is -0.294 e. The van der Waals surface area contributed by atoms with Gasteiger partial charge in [0.15, 0.2) is 0 Å². The molecule has 1 saturated heterocycles. The number of nitrogens with one attached hydrogen (secondary N) is 1. The summed E-state index contributed by atoms with van der Waals surface area (Å²) in [6, 6.07) is 3.22. The van der Waals surface area contributed by atoms with Crippen LogP contribution in [0.5, 0.6) is 0 Å². The largest absolute Gasteiger partial charge is 0.294 e. The summed E-state index contributed by atoms with van der Waals surface area (Å²) >= 11 is 1.52. The van der Waals surface area contributed by atoms with Crippen molar-refractivity contribution >= 4 is 17.2 Å². The van der Waals surface area contributed by atoms with Gasteiger partial charge < -0.3 is 0 Å². The molecule has 0 radical (unpaired) electrons. The Kier molecular flexibility index (Phi) is 4.60. The van der Waals surface area contributed by atoms with E-state index in [4.69, 9.17) is 5.84 Å². The first-order valence-electron chi connectivity index (χ1n) is 6.89. The van der Waals surface area contributed by atoms with Gasteiger partial charge in [-0.05, 0) is 45.2 Å². The fraction of sp³-hybridized carbons (Fsp3) is 0.643. The summed E-state index contributed by atoms with van der Waals surface area (Å²) in [4.78, 5) is 16.0. The molecule has 1 aliphatic rings. The molecule has 19 heavy (non-hydrogen) atoms. The average molecular weight is 281 g/mol. The van der Waals surface area contributed by atoms with Crippen molar-refractivity contribution in [1.82, 2.24) is 10.3 Å². The highest BCUT2D eigenvalue weighted by atomic mass is 32.1. The Morgan fingerprint density at radius 2 is 2.11 bits per heavy atom. The van der Waals surface area contributed by atoms with Crippen molar-refractivity contribution in [2.75, 3.05) is 0 Å². The summed E-state index contributed by atoms with van der Waals surface area (Å²) in [5.41, 5.74) is 3.45. The number of carbonyl (C=O) groups is 1. The Morgan fingerprint density at radius 3 is 2.68 bits per heavy atom. The molecule has 2 atom stereocenters. The quantitative estimate of drug-likeness (QED) is 0.508. The number of nitrogens with zero attached hydrogens (tertiary/aromatic N) is 1. The topological polar surface area (TPSA) is 58.4 Å². The molecule has 5 heteroatoms. The van der Waals surface area contributed by atoms with Crippen LogP contribution < -0.4 is 11.3 Å². The lowest BCUT2D eigenvalue weighted by Crippen LogP contribution is -2.43. The van der Waals surface area contributed by atoms with E-state index in [0.717, 1.165) is 6.54 Å². The van der Waals surface area contributed by atoms with Gasteiger partial charge in [-0.15, -0.1) is 11.3 Å². The van der Waals surface area contributed by atoms with E-state index in [1.54, 1.807) is 0 Å². The Hall–Kier alpha value is -0.910. The Balaban J connectivity index is 2.14. The van der Waals surface area contributed by atoms with Crippen LogP contribution in [0.1, 0.15) is 53.2 Å². The Bertz CT molecular complexity index is 448. The summed E-state index contributed by atoms with van der Waals surface area (Å²) < 4.78 is 0. The van der Waals surface area contributed by atoms with Gasteiger partial charge in [0.2, 0.25) is 0 Å². The second-order valence-corrected chi connectivity index (χ2v) is 6.72. The van der Waals surface area contributed by atoms with Gasteiger partial charge in [0.25, 0.3) is 5.91 Å². The predicted octanol–water partition coefficient (Wildman–Crippen LogP) is 2.42. The number of hydrogen-bond acceptors (Lipinski definition) is 4. The molecular formula is C14H23N3OS. The van der Waals surface area contributed by atoms with Gasteiger partial charge in [0.1, 0.15) is 0 Å². The number of aryl methyl sites for hydroxylation is 1. The first-order valence-corrected chi connectivity index (χ1v) is 7.70. The predicted molar refractivity (Wildman–Crippen MR) is 79.0 cm³/mol. The van der Waals surface area contributed by atoms with Crippen molar-refractivity contribution in [3.05, 3.63) is 21.4 Å². The molecule has 1 amide bonds. The van der Waals surface area contributed by atoms with Crippen LogP contribution in [-0.4, -0.2) is 22.9 Å². The van der Waals surface area contributed by atoms with E-state index in [-0.39, 0.29) is 5.91 Å². The molecule has 1 aromatic rings. The molecular weight excluding hydrogens is 258 g/mol. The number of nitrogen functional groups attached to an aromatic ring is 1. The highest BCUT2D eigenvalue weighted by molar-refractivity contribution is 7.14. The second-order valence-electron chi connectivity index (χ2n) is 5.47. The summed E-state index contributed by atoms with van der Waals surface area (Å²) in [7, 11) is 0. The third kappa shape index (κ3) is 3.16. The van der Waals surface area contributed by atoms with Crippen molar-refractivity contribution < 1.29 is 4.79 Å². The minimum absolute atomic E-state index is 0.195. The van der Waals surface area contributed by atoms with Crippen molar-refractivity contribution in [3.63, 3.8) is 0 Å². The Labute approximate surface area is 118 Å². The first-order chi connectivity index (χ1) is 9.02. The lowest BCUT2D eigenvalue weighted by Gasteiger charge is -2.39. The third-order valence-electron chi connectivity index (χ3n) is 4.10. The van der Waals surface area contributed by atoms with Gasteiger partial charge in [0, 0.05) is 23.5 Å². The number of rotatable bonds is 3. The highest BCUT2D eigenvalue weighted by Gasteiger charge is 2.25. The van der Waals surface area contributed by atoms with Gasteiger partial charge in [0.05, 0.1) is 4.88 Å². The molecule has 0 aromatic carbocycles. The van der Waals surface area contributed by atoms with Crippen LogP contribution in [0.25, 0.3) is 0 Å². The molecule has 106 valence electrons. The zero-order valence-electron chi connectivity index (χ0n) is 11.9. The van der Waals surface area contributed by atoms with Crippen LogP contribution in [0.15, 0.2) is 6.07 Å². The van der Waals surface area contributed by atoms with Gasteiger partial charge >= 0.3 is 0 Å². The van der Waals surface area contributed by atoms with Gasteiger partial charge in [-0.25, -0.2) is 5.84 Å². The normalized spacial score (nSPS) is 24.4. The summed E-state index contributed by atoms with van der Waals surface area (Å²) in [6.45, 7) is 7.60. The van der Waals surface area contributed by atoms with Crippen LogP contribution in [0, 0.1) is 6.92 Å². The number of carbonyl (C=O) groups excluding carboxylic acids is 1. The molecule has 2 unspecified atom stereocenters. The summed E-state index contributed by atoms with van der Waals surface area (Å²) in [5, 5.41) is 0. The fourth-order valence-corrected chi connectivity index (χ4v) is 3.78. The van der Waals surface area contributed by atoms with E-state index in [2.05, 4.69) is 31.1 Å². The van der Waals surface area contributed by atoms with Crippen LogP contribution in [0.4, 0.5) is 0 Å². The lowest BCUT2D eigenvalue weighted by atomic mass is 9.97. The zero-order valence-corrected chi connectivity index (χ0v) is 12.7. The van der Waals surface area contributed by atoms with Crippen molar-refractivity contribution in [2.45, 2.75) is 58.7 Å². The fourth-order valence-electron chi connectivity index (χ4n) is 2.84. The maximum atomic E-state index is 11.6. The molecule has 1 aromatic heterocycles. The van der Waals surface area contributed by atoms with E-state index < -0.39 is 0 Å². The number of hydrazine groups is 1. The van der Waals surface area contributed by atoms with Gasteiger partial charge in [-0.2, -0.15) is 0 Å². The second kappa shape index (κ2) is 6.03. The summed E-state index contributed by atoms with van der Waals surface area (Å²) in [6.07, 6.45) is 3.86. The number of hydrogen-bond donors (Lipinski definition) is 2. The monoisotopic (exact) mass is 281 g/mol. The zero-order chi connectivity index (χ0) is 14.0. The van der Waals surface area contributed by atoms with Crippen LogP contribution >= 0.6 is 11.3 Å². The first kappa shape index (κ1) is 14.5. The maximum Gasteiger partial charge on any atom is 0.275 e. The molecule has 0 saturated carbocycles. The molecule has 3 N–H and O–H groups in total. The van der Waals surface area contributed by atoms with Crippen molar-refractivity contribution in [2.24, 2.45) is 5.84 Å². The number of thiophene rings is 1. The van der Waals surface area contributed by atoms with Crippen LogP contribution in [0.3, 0.4) is 0 Å².